The van der Waals surface area contributed by atoms with Crippen molar-refractivity contribution in [3.05, 3.63) is 29.8 Å². The molecule has 0 N–H and O–H groups in total. The molecule has 0 amide bonds. The molecular formula is C9H9OTe. The number of hydrogen-bond acceptors (Lipinski definition) is 1. The van der Waals surface area contributed by atoms with E-state index in [0.717, 1.165) is 16.6 Å². The Labute approximate surface area is 79.7 Å². The number of para-hydroxylation sites is 1. The quantitative estimate of drug-likeness (QED) is 0.697. The van der Waals surface area contributed by atoms with Gasteiger partial charge in [0, 0.05) is 0 Å². The monoisotopic (exact) mass is 263 g/mol. The van der Waals surface area contributed by atoms with Crippen LogP contribution in [0.2, 0.25) is 4.47 Å². The maximum atomic E-state index is 5.66. The number of benzene rings is 1. The summed E-state index contributed by atoms with van der Waals surface area (Å²) in [6, 6.07) is 8.29. The third kappa shape index (κ3) is 1.38. The Bertz CT molecular complexity index is 234. The van der Waals surface area contributed by atoms with E-state index in [1.807, 2.05) is 12.1 Å². The Balaban J connectivity index is 2.27. The summed E-state index contributed by atoms with van der Waals surface area (Å²) in [6.45, 7) is 0. The van der Waals surface area contributed by atoms with Gasteiger partial charge in [0.25, 0.3) is 0 Å². The van der Waals surface area contributed by atoms with E-state index < -0.39 is 0 Å². The van der Waals surface area contributed by atoms with Gasteiger partial charge in [0.1, 0.15) is 0 Å². The third-order valence-corrected chi connectivity index (χ3v) is 2.96. The summed E-state index contributed by atoms with van der Waals surface area (Å²) in [4.78, 5) is 0. The van der Waals surface area contributed by atoms with E-state index in [0.29, 0.717) is 6.10 Å². The molecule has 1 aliphatic rings. The topological polar surface area (TPSA) is 9.23 Å². The summed E-state index contributed by atoms with van der Waals surface area (Å²) >= 11 is 2.10. The number of rotatable bonds is 1. The Morgan fingerprint density at radius 3 is 3.00 bits per heavy atom. The van der Waals surface area contributed by atoms with Crippen LogP contribution in [0, 0.1) is 0 Å². The van der Waals surface area contributed by atoms with Crippen LogP contribution in [0.5, 0.6) is 5.75 Å². The van der Waals surface area contributed by atoms with E-state index in [9.17, 15) is 0 Å². The molecule has 1 aromatic carbocycles. The molecule has 1 atom stereocenters. The van der Waals surface area contributed by atoms with Crippen molar-refractivity contribution in [2.24, 2.45) is 0 Å². The number of hydrogen-bond donors (Lipinski definition) is 0. The average molecular weight is 261 g/mol. The van der Waals surface area contributed by atoms with E-state index in [-0.39, 0.29) is 0 Å². The van der Waals surface area contributed by atoms with Gasteiger partial charge in [0.05, 0.1) is 0 Å². The van der Waals surface area contributed by atoms with Crippen LogP contribution in [-0.4, -0.2) is 28.4 Å². The maximum absolute atomic E-state index is 5.66. The Hall–Kier alpha value is -0.190. The Morgan fingerprint density at radius 1 is 1.45 bits per heavy atom. The second-order valence-corrected chi connectivity index (χ2v) is 3.67. The van der Waals surface area contributed by atoms with Crippen LogP contribution in [0.3, 0.4) is 0 Å². The van der Waals surface area contributed by atoms with E-state index in [4.69, 9.17) is 4.74 Å². The van der Waals surface area contributed by atoms with Gasteiger partial charge in [-0.2, -0.15) is 0 Å². The Kier molecular flexibility index (Phi) is 2.07. The van der Waals surface area contributed by atoms with Gasteiger partial charge in [0.15, 0.2) is 0 Å². The molecule has 0 saturated heterocycles. The summed E-state index contributed by atoms with van der Waals surface area (Å²) < 4.78 is 6.77. The summed E-state index contributed by atoms with van der Waals surface area (Å²) in [5.41, 5.74) is 1.36. The molecule has 0 spiro atoms. The van der Waals surface area contributed by atoms with Crippen molar-refractivity contribution < 1.29 is 4.74 Å². The molecule has 1 nitrogen and oxygen atoms in total. The molecule has 0 aromatic heterocycles. The normalized spacial score (nSPS) is 21.0. The first-order valence-corrected chi connectivity index (χ1v) is 5.37. The predicted octanol–water partition coefficient (Wildman–Crippen LogP) is 1.58. The zero-order valence-corrected chi connectivity index (χ0v) is 8.45. The first-order valence-electron chi connectivity index (χ1n) is 3.73. The van der Waals surface area contributed by atoms with Crippen molar-refractivity contribution in [1.82, 2.24) is 0 Å². The second-order valence-electron chi connectivity index (χ2n) is 2.72. The molecule has 0 saturated carbocycles. The molecular weight excluding hydrogens is 252 g/mol. The standard InChI is InChI=1S/C9H9OTe/c11-6-8-5-7-3-1-2-4-9(7)10-8/h1-4,8H,5-6H2. The molecule has 1 unspecified atom stereocenters. The van der Waals surface area contributed by atoms with E-state index in [2.05, 4.69) is 34.4 Å². The van der Waals surface area contributed by atoms with Crippen molar-refractivity contribution >= 4 is 22.3 Å². The van der Waals surface area contributed by atoms with Crippen molar-refractivity contribution in [2.45, 2.75) is 17.0 Å². The van der Waals surface area contributed by atoms with Crippen molar-refractivity contribution in [3.63, 3.8) is 0 Å². The van der Waals surface area contributed by atoms with Gasteiger partial charge in [-0.05, 0) is 0 Å². The fraction of sp³-hybridized carbons (Fsp3) is 0.333. The van der Waals surface area contributed by atoms with Crippen molar-refractivity contribution in [2.75, 3.05) is 0 Å². The van der Waals surface area contributed by atoms with Gasteiger partial charge in [0.2, 0.25) is 0 Å². The Morgan fingerprint density at radius 2 is 2.27 bits per heavy atom. The summed E-state index contributed by atoms with van der Waals surface area (Å²) in [5.74, 6) is 1.08. The molecule has 11 heavy (non-hydrogen) atoms. The van der Waals surface area contributed by atoms with E-state index in [1.54, 1.807) is 0 Å². The van der Waals surface area contributed by atoms with E-state index in [1.165, 1.54) is 5.56 Å². The fourth-order valence-corrected chi connectivity index (χ4v) is 1.88. The number of fused-ring (bicyclic) bond motifs is 1. The SMILES string of the molecule is [Te]CC1Cc2ccccc2O1. The first kappa shape index (κ1) is 7.46. The molecule has 1 aliphatic heterocycles. The van der Waals surface area contributed by atoms with Crippen LogP contribution in [0.1, 0.15) is 5.56 Å². The van der Waals surface area contributed by atoms with Crippen LogP contribution in [0.4, 0.5) is 0 Å². The zero-order chi connectivity index (χ0) is 7.68. The molecule has 0 aliphatic carbocycles. The minimum atomic E-state index is 0.428. The summed E-state index contributed by atoms with van der Waals surface area (Å²) in [6.07, 6.45) is 1.52. The molecule has 2 heteroatoms. The summed E-state index contributed by atoms with van der Waals surface area (Å²) in [5, 5.41) is 0. The van der Waals surface area contributed by atoms with Gasteiger partial charge in [-0.3, -0.25) is 0 Å². The number of ether oxygens (including phenoxy) is 1. The third-order valence-electron chi connectivity index (χ3n) is 1.90. The predicted molar refractivity (Wildman–Crippen MR) is 45.1 cm³/mol. The van der Waals surface area contributed by atoms with Crippen LogP contribution in [-0.2, 0) is 6.42 Å². The van der Waals surface area contributed by atoms with E-state index >= 15 is 0 Å². The molecule has 1 aromatic rings. The van der Waals surface area contributed by atoms with Crippen LogP contribution in [0.25, 0.3) is 0 Å². The molecule has 0 bridgehead atoms. The van der Waals surface area contributed by atoms with Gasteiger partial charge >= 0.3 is 79.6 Å². The van der Waals surface area contributed by atoms with Gasteiger partial charge < -0.3 is 0 Å². The molecule has 2 rings (SSSR count). The van der Waals surface area contributed by atoms with Gasteiger partial charge in [-0.25, -0.2) is 0 Å². The minimum absolute atomic E-state index is 0.428. The van der Waals surface area contributed by atoms with Gasteiger partial charge in [-0.1, -0.05) is 0 Å². The van der Waals surface area contributed by atoms with Gasteiger partial charge in [-0.15, -0.1) is 0 Å². The fourth-order valence-electron chi connectivity index (χ4n) is 1.35. The van der Waals surface area contributed by atoms with Crippen LogP contribution in [0.15, 0.2) is 24.3 Å². The molecule has 57 valence electrons. The average Bonchev–Trinajstić information content (AvgIpc) is 2.46. The molecule has 1 radical (unpaired) electrons. The van der Waals surface area contributed by atoms with Crippen molar-refractivity contribution in [1.29, 1.82) is 0 Å². The first-order chi connectivity index (χ1) is 5.40. The molecule has 1 heterocycles. The molecule has 0 fully saturated rings. The summed E-state index contributed by atoms with van der Waals surface area (Å²) in [7, 11) is 0. The second kappa shape index (κ2) is 3.05. The zero-order valence-electron chi connectivity index (χ0n) is 6.12. The van der Waals surface area contributed by atoms with Crippen molar-refractivity contribution in [3.8, 4) is 5.75 Å². The van der Waals surface area contributed by atoms with Crippen LogP contribution >= 0.6 is 0 Å². The van der Waals surface area contributed by atoms with Crippen LogP contribution < -0.4 is 4.74 Å².